The van der Waals surface area contributed by atoms with Crippen LogP contribution in [0.1, 0.15) is 50.6 Å². The van der Waals surface area contributed by atoms with Crippen LogP contribution in [0.25, 0.3) is 0 Å². The van der Waals surface area contributed by atoms with Crippen LogP contribution in [0.3, 0.4) is 0 Å². The Balaban J connectivity index is 1.65. The average Bonchev–Trinajstić information content (AvgIpc) is 3.40. The van der Waals surface area contributed by atoms with Gasteiger partial charge in [0, 0.05) is 18.0 Å². The molecule has 0 saturated heterocycles. The number of allylic oxidation sites excluding steroid dienone is 4. The Bertz CT molecular complexity index is 1550. The molecule has 0 aliphatic carbocycles. The molecule has 42 heavy (non-hydrogen) atoms. The molecule has 18 heteroatoms. The maximum atomic E-state index is 13.1. The molecule has 3 N–H and O–H groups in total. The van der Waals surface area contributed by atoms with E-state index in [9.17, 15) is 35.9 Å². The number of hydrogen-bond donors (Lipinski definition) is 3. The molecule has 0 spiro atoms. The number of nitrogens with one attached hydrogen (secondary N) is 3. The highest BCUT2D eigenvalue weighted by atomic mass is 35.5. The monoisotopic (exact) mass is 632 g/mol. The zero-order valence-corrected chi connectivity index (χ0v) is 23.0. The van der Waals surface area contributed by atoms with Gasteiger partial charge < -0.3 is 16.0 Å². The molecule has 3 heterocycles. The molecule has 0 aromatic carbocycles. The third kappa shape index (κ3) is 8.56. The highest BCUT2D eigenvalue weighted by Crippen LogP contribution is 2.35. The number of rotatable bonds is 9. The van der Waals surface area contributed by atoms with E-state index in [-0.39, 0.29) is 27.9 Å². The highest BCUT2D eigenvalue weighted by molar-refractivity contribution is 7.13. The Hall–Kier alpha value is -4.38. The number of amides is 2. The molecule has 0 aliphatic rings. The summed E-state index contributed by atoms with van der Waals surface area (Å²) < 4.78 is 77.5. The lowest BCUT2D eigenvalue weighted by Gasteiger charge is -2.12. The summed E-state index contributed by atoms with van der Waals surface area (Å²) in [6.45, 7) is 5.92. The Labute approximate surface area is 242 Å². The number of aromatic nitrogens is 4. The van der Waals surface area contributed by atoms with Gasteiger partial charge in [-0.1, -0.05) is 11.6 Å². The highest BCUT2D eigenvalue weighted by Gasteiger charge is 2.34. The van der Waals surface area contributed by atoms with Gasteiger partial charge in [-0.05, 0) is 38.8 Å². The van der Waals surface area contributed by atoms with E-state index in [4.69, 9.17) is 11.6 Å². The maximum absolute atomic E-state index is 13.1. The summed E-state index contributed by atoms with van der Waals surface area (Å²) in [5.74, 6) is -1.70. The summed E-state index contributed by atoms with van der Waals surface area (Å²) in [6.07, 6.45) is -4.58. The number of nitrogens with zero attached hydrogens (tertiary/aromatic N) is 5. The van der Waals surface area contributed by atoms with Gasteiger partial charge in [-0.2, -0.15) is 26.3 Å². The molecule has 2 amide bonds. The predicted molar refractivity (Wildman–Crippen MR) is 143 cm³/mol. The normalized spacial score (nSPS) is 13.4. The van der Waals surface area contributed by atoms with Crippen molar-refractivity contribution in [1.82, 2.24) is 25.3 Å². The van der Waals surface area contributed by atoms with Crippen molar-refractivity contribution in [2.75, 3.05) is 10.6 Å². The molecule has 0 saturated carbocycles. The van der Waals surface area contributed by atoms with E-state index in [1.165, 1.54) is 19.2 Å². The molecule has 1 atom stereocenters. The standard InChI is InChI=1S/C24H19ClF6N8O2S/c1-11(4-5-17(32-3)24(29,30)31)37-19-7-15(35-10-36-19)20(40)38-12(2)22-34-9-16(42-22)21(41)39-18-6-13(23(26,27)28)14(25)8-33-18/h4-10,12H,3H2,1-2H3,(H,38,40)(H,33,39,41)(H,35,36,37)/b11-4+,17-5-. The number of aliphatic imine (C=N–C) groups is 1. The number of alkyl halides is 6. The third-order valence-electron chi connectivity index (χ3n) is 5.04. The van der Waals surface area contributed by atoms with Gasteiger partial charge in [0.25, 0.3) is 11.8 Å². The Morgan fingerprint density at radius 3 is 2.33 bits per heavy atom. The molecular weight excluding hydrogens is 614 g/mol. The smallest absolute Gasteiger partial charge is 0.344 e. The topological polar surface area (TPSA) is 134 Å². The molecular formula is C24H19ClF6N8O2S. The second-order valence-electron chi connectivity index (χ2n) is 8.23. The largest absolute Gasteiger partial charge is 0.433 e. The van der Waals surface area contributed by atoms with Gasteiger partial charge in [-0.3, -0.25) is 14.6 Å². The predicted octanol–water partition coefficient (Wildman–Crippen LogP) is 6.21. The molecule has 3 aromatic rings. The van der Waals surface area contributed by atoms with Gasteiger partial charge in [0.2, 0.25) is 0 Å². The van der Waals surface area contributed by atoms with Crippen molar-refractivity contribution < 1.29 is 35.9 Å². The molecule has 0 bridgehead atoms. The lowest BCUT2D eigenvalue weighted by Crippen LogP contribution is -2.27. The van der Waals surface area contributed by atoms with Gasteiger partial charge >= 0.3 is 12.4 Å². The van der Waals surface area contributed by atoms with Crippen molar-refractivity contribution >= 4 is 53.1 Å². The minimum atomic E-state index is -4.75. The molecule has 3 aromatic heterocycles. The van der Waals surface area contributed by atoms with E-state index < -0.39 is 46.5 Å². The minimum Gasteiger partial charge on any atom is -0.344 e. The maximum Gasteiger partial charge on any atom is 0.433 e. The van der Waals surface area contributed by atoms with Crippen molar-refractivity contribution in [1.29, 1.82) is 0 Å². The van der Waals surface area contributed by atoms with Crippen molar-refractivity contribution in [2.45, 2.75) is 32.2 Å². The average molecular weight is 633 g/mol. The molecule has 3 rings (SSSR count). The van der Waals surface area contributed by atoms with Crippen molar-refractivity contribution in [3.63, 3.8) is 0 Å². The second-order valence-corrected chi connectivity index (χ2v) is 9.70. The quantitative estimate of drug-likeness (QED) is 0.145. The number of hydrogen-bond acceptors (Lipinski definition) is 9. The molecule has 0 radical (unpaired) electrons. The zero-order chi connectivity index (χ0) is 31.2. The van der Waals surface area contributed by atoms with Crippen LogP contribution in [-0.4, -0.2) is 44.6 Å². The Kier molecular flexibility index (Phi) is 10.0. The fourth-order valence-electron chi connectivity index (χ4n) is 3.06. The Morgan fingerprint density at radius 2 is 1.69 bits per heavy atom. The number of carbonyl (C=O) groups is 2. The van der Waals surface area contributed by atoms with Crippen molar-refractivity contribution in [3.8, 4) is 0 Å². The van der Waals surface area contributed by atoms with Crippen LogP contribution >= 0.6 is 22.9 Å². The number of carbonyl (C=O) groups excluding carboxylic acids is 2. The van der Waals surface area contributed by atoms with Crippen LogP contribution in [0.15, 0.2) is 59.4 Å². The van der Waals surface area contributed by atoms with E-state index in [1.807, 2.05) is 0 Å². The first-order valence-corrected chi connectivity index (χ1v) is 12.6. The summed E-state index contributed by atoms with van der Waals surface area (Å²) in [6, 6.07) is 1.14. The van der Waals surface area contributed by atoms with E-state index in [2.05, 4.69) is 47.6 Å². The first-order chi connectivity index (χ1) is 19.6. The summed E-state index contributed by atoms with van der Waals surface area (Å²) in [5.41, 5.74) is -2.20. The molecule has 0 fully saturated rings. The van der Waals surface area contributed by atoms with Gasteiger partial charge in [-0.25, -0.2) is 19.9 Å². The molecule has 0 aliphatic heterocycles. The van der Waals surface area contributed by atoms with Crippen LogP contribution in [0.5, 0.6) is 0 Å². The molecule has 10 nitrogen and oxygen atoms in total. The van der Waals surface area contributed by atoms with Gasteiger partial charge in [-0.15, -0.1) is 11.3 Å². The third-order valence-corrected chi connectivity index (χ3v) is 6.52. The van der Waals surface area contributed by atoms with Gasteiger partial charge in [0.1, 0.15) is 39.2 Å². The number of thiazole rings is 1. The number of anilines is 2. The first kappa shape index (κ1) is 32.1. The summed E-state index contributed by atoms with van der Waals surface area (Å²) in [4.78, 5) is 43.8. The number of halogens is 7. The molecule has 1 unspecified atom stereocenters. The fourth-order valence-corrected chi connectivity index (χ4v) is 4.09. The second kappa shape index (κ2) is 13.1. The SMILES string of the molecule is C=N/C(=C\C=C(/C)Nc1cc(C(=O)NC(C)c2ncc(C(=O)Nc3cc(C(F)(F)F)c(Cl)cn3)s2)ncn1)C(F)(F)F. The minimum absolute atomic E-state index is 0.0292. The first-order valence-electron chi connectivity index (χ1n) is 11.4. The molecule has 222 valence electrons. The van der Waals surface area contributed by atoms with Crippen LogP contribution in [0, 0.1) is 0 Å². The number of pyridine rings is 1. The van der Waals surface area contributed by atoms with E-state index in [1.54, 1.807) is 6.92 Å². The van der Waals surface area contributed by atoms with E-state index in [0.29, 0.717) is 11.1 Å². The zero-order valence-electron chi connectivity index (χ0n) is 21.4. The van der Waals surface area contributed by atoms with E-state index >= 15 is 0 Å². The van der Waals surface area contributed by atoms with Crippen LogP contribution in [-0.2, 0) is 6.18 Å². The lowest BCUT2D eigenvalue weighted by molar-refractivity contribution is -0.137. The van der Waals surface area contributed by atoms with Crippen LogP contribution < -0.4 is 16.0 Å². The van der Waals surface area contributed by atoms with E-state index in [0.717, 1.165) is 36.0 Å². The van der Waals surface area contributed by atoms with Crippen LogP contribution in [0.4, 0.5) is 38.0 Å². The Morgan fingerprint density at radius 1 is 1.00 bits per heavy atom. The fraction of sp³-hybridized carbons (Fsp3) is 0.208. The lowest BCUT2D eigenvalue weighted by atomic mass is 10.2. The summed E-state index contributed by atoms with van der Waals surface area (Å²) in [5, 5.41) is 7.27. The van der Waals surface area contributed by atoms with Crippen molar-refractivity contribution in [3.05, 3.63) is 80.6 Å². The van der Waals surface area contributed by atoms with Crippen molar-refractivity contribution in [2.24, 2.45) is 4.99 Å². The summed E-state index contributed by atoms with van der Waals surface area (Å²) in [7, 11) is 0. The van der Waals surface area contributed by atoms with Gasteiger partial charge in [0.05, 0.1) is 22.8 Å². The van der Waals surface area contributed by atoms with Gasteiger partial charge in [0.15, 0.2) is 0 Å². The summed E-state index contributed by atoms with van der Waals surface area (Å²) >= 11 is 6.42. The van der Waals surface area contributed by atoms with Crippen LogP contribution in [0.2, 0.25) is 5.02 Å².